The zero-order chi connectivity index (χ0) is 34.0. The molecule has 2 aliphatic heterocycles. The Bertz CT molecular complexity index is 1380. The summed E-state index contributed by atoms with van der Waals surface area (Å²) in [6.45, 7) is 17.9. The number of aryl methyl sites for hydroxylation is 1. The number of hydrogen-bond donors (Lipinski definition) is 1. The van der Waals surface area contributed by atoms with E-state index in [4.69, 9.17) is 25.8 Å². The van der Waals surface area contributed by atoms with E-state index in [-0.39, 0.29) is 24.5 Å². The number of halogens is 1. The average Bonchev–Trinajstić information content (AvgIpc) is 3.23. The maximum atomic E-state index is 13.5. The van der Waals surface area contributed by atoms with Gasteiger partial charge in [0.05, 0.1) is 36.5 Å². The van der Waals surface area contributed by atoms with Crippen molar-refractivity contribution in [1.29, 1.82) is 0 Å². The Hall–Kier alpha value is -2.43. The number of amides is 1. The van der Waals surface area contributed by atoms with Gasteiger partial charge in [0.25, 0.3) is 5.91 Å². The summed E-state index contributed by atoms with van der Waals surface area (Å²) in [5.74, 6) is 0.667. The van der Waals surface area contributed by atoms with Gasteiger partial charge in [-0.3, -0.25) is 9.52 Å². The number of anilines is 1. The zero-order valence-electron chi connectivity index (χ0n) is 29.1. The first kappa shape index (κ1) is 37.4. The number of ether oxygens (including phenoxy) is 3. The van der Waals surface area contributed by atoms with Crippen LogP contribution in [-0.2, 0) is 31.7 Å². The lowest BCUT2D eigenvalue weighted by atomic mass is 9.91. The van der Waals surface area contributed by atoms with Crippen LogP contribution < -0.4 is 14.4 Å². The highest BCUT2D eigenvalue weighted by Crippen LogP contribution is 2.38. The molecular weight excluding hydrogens is 634 g/mol. The third-order valence-corrected chi connectivity index (χ3v) is 10.7. The molecule has 2 aliphatic rings. The lowest BCUT2D eigenvalue weighted by Crippen LogP contribution is -2.45. The third kappa shape index (κ3) is 10.0. The van der Waals surface area contributed by atoms with Crippen LogP contribution in [0.25, 0.3) is 0 Å². The van der Waals surface area contributed by atoms with Crippen molar-refractivity contribution in [2.45, 2.75) is 89.7 Å². The Morgan fingerprint density at radius 2 is 1.91 bits per heavy atom. The number of carbonyl (C=O) groups is 1. The van der Waals surface area contributed by atoms with Crippen LogP contribution in [0, 0.1) is 5.92 Å². The normalized spacial score (nSPS) is 24.3. The quantitative estimate of drug-likeness (QED) is 0.272. The van der Waals surface area contributed by atoms with Crippen molar-refractivity contribution in [2.75, 3.05) is 57.4 Å². The van der Waals surface area contributed by atoms with Gasteiger partial charge in [0, 0.05) is 30.6 Å². The molecule has 2 bridgehead atoms. The summed E-state index contributed by atoms with van der Waals surface area (Å²) in [5.41, 5.74) is 2.21. The average molecular weight is 688 g/mol. The van der Waals surface area contributed by atoms with Crippen molar-refractivity contribution in [2.24, 2.45) is 5.92 Å². The highest BCUT2D eigenvalue weighted by atomic mass is 35.5. The first-order valence-corrected chi connectivity index (χ1v) is 18.8. The molecule has 2 heterocycles. The molecule has 0 saturated carbocycles. The number of nitrogens with one attached hydrogen (secondary N) is 1. The van der Waals surface area contributed by atoms with Crippen molar-refractivity contribution in [3.05, 3.63) is 64.7 Å². The van der Waals surface area contributed by atoms with Gasteiger partial charge in [-0.05, 0) is 87.2 Å². The molecule has 4 atom stereocenters. The number of rotatable bonds is 10. The molecule has 0 fully saturated rings. The molecule has 1 amide bonds. The second-order valence-electron chi connectivity index (χ2n) is 12.9. The molecule has 1 N–H and O–H groups in total. The Balaban J connectivity index is 1.71. The third-order valence-electron chi connectivity index (χ3n) is 9.40. The second-order valence-corrected chi connectivity index (χ2v) is 14.6. The highest BCUT2D eigenvalue weighted by Gasteiger charge is 2.32. The van der Waals surface area contributed by atoms with Crippen molar-refractivity contribution in [3.8, 4) is 5.75 Å². The molecular formula is C37H54ClN3O5S. The van der Waals surface area contributed by atoms with E-state index >= 15 is 0 Å². The minimum atomic E-state index is -1.77. The Morgan fingerprint density at radius 3 is 2.64 bits per heavy atom. The monoisotopic (exact) mass is 687 g/mol. The van der Waals surface area contributed by atoms with Crippen LogP contribution in [0.4, 0.5) is 5.69 Å². The molecule has 0 radical (unpaired) electrons. The minimum absolute atomic E-state index is 0.103. The van der Waals surface area contributed by atoms with Gasteiger partial charge in [0.15, 0.2) is 11.0 Å². The van der Waals surface area contributed by atoms with Crippen LogP contribution in [0.15, 0.2) is 53.4 Å². The van der Waals surface area contributed by atoms with Gasteiger partial charge < -0.3 is 24.0 Å². The van der Waals surface area contributed by atoms with Crippen molar-refractivity contribution >= 4 is 34.2 Å². The van der Waals surface area contributed by atoms with Crippen LogP contribution in [-0.4, -0.2) is 79.3 Å². The van der Waals surface area contributed by atoms with Gasteiger partial charge in [-0.2, -0.15) is 0 Å². The molecule has 2 aromatic rings. The molecule has 2 aromatic carbocycles. The summed E-state index contributed by atoms with van der Waals surface area (Å²) in [6.07, 6.45) is 7.75. The fourth-order valence-electron chi connectivity index (χ4n) is 6.35. The zero-order valence-corrected chi connectivity index (χ0v) is 30.6. The molecule has 0 saturated heterocycles. The van der Waals surface area contributed by atoms with Crippen LogP contribution in [0.3, 0.4) is 0 Å². The largest absolute Gasteiger partial charge is 0.491 e. The number of hydrogen-bond acceptors (Lipinski definition) is 7. The maximum Gasteiger partial charge on any atom is 0.263 e. The number of fused-ring (bicyclic) bond motifs is 1. The van der Waals surface area contributed by atoms with Gasteiger partial charge in [-0.15, -0.1) is 0 Å². The van der Waals surface area contributed by atoms with E-state index in [1.165, 1.54) is 11.1 Å². The first-order chi connectivity index (χ1) is 22.6. The smallest absolute Gasteiger partial charge is 0.263 e. The molecule has 4 rings (SSSR count). The van der Waals surface area contributed by atoms with Gasteiger partial charge in [-0.1, -0.05) is 70.4 Å². The van der Waals surface area contributed by atoms with E-state index in [9.17, 15) is 9.00 Å². The minimum Gasteiger partial charge on any atom is -0.491 e. The van der Waals surface area contributed by atoms with Crippen LogP contribution in [0.2, 0.25) is 5.02 Å². The van der Waals surface area contributed by atoms with E-state index in [1.54, 1.807) is 19.9 Å². The molecule has 47 heavy (non-hydrogen) atoms. The Kier molecular flexibility index (Phi) is 14.2. The molecule has 8 nitrogen and oxygen atoms in total. The van der Waals surface area contributed by atoms with Gasteiger partial charge >= 0.3 is 0 Å². The van der Waals surface area contributed by atoms with E-state index in [1.807, 2.05) is 24.3 Å². The number of likely N-dealkylation sites (N-methyl/N-ethyl adjacent to an activating group) is 1. The standard InChI is InChI=1S/C37H54ClN3O5S/c1-7-12-28-23-30(38)14-16-32(28)29-25-41-19-18-27(8-2)34(44-22-20-40(9-3)10-4)13-11-21-46-37(5,6)36(42)39-47(43)31-15-17-35(45-26-29)33(41)24-31/h11,13-17,23-24,27,29,34H,7-10,12,18-22,25-26H2,1-6H3,(H,39,42)/b13-11+. The van der Waals surface area contributed by atoms with Gasteiger partial charge in [0.1, 0.15) is 11.4 Å². The topological polar surface area (TPSA) is 80.3 Å². The molecule has 10 heteroatoms. The van der Waals surface area contributed by atoms with Crippen molar-refractivity contribution in [1.82, 2.24) is 9.62 Å². The van der Waals surface area contributed by atoms with Crippen LogP contribution in [0.1, 0.15) is 77.8 Å². The number of carbonyl (C=O) groups excluding carboxylic acids is 1. The van der Waals surface area contributed by atoms with Crippen molar-refractivity contribution < 1.29 is 23.2 Å². The number of nitrogens with zero attached hydrogens (tertiary/aromatic N) is 2. The van der Waals surface area contributed by atoms with Crippen LogP contribution in [0.5, 0.6) is 5.75 Å². The summed E-state index contributed by atoms with van der Waals surface area (Å²) in [7, 11) is -1.77. The molecule has 0 spiro atoms. The Morgan fingerprint density at radius 1 is 1.13 bits per heavy atom. The van der Waals surface area contributed by atoms with Gasteiger partial charge in [-0.25, -0.2) is 4.21 Å². The van der Waals surface area contributed by atoms with E-state index in [0.717, 1.165) is 74.9 Å². The second kappa shape index (κ2) is 17.8. The first-order valence-electron chi connectivity index (χ1n) is 17.3. The summed E-state index contributed by atoms with van der Waals surface area (Å²) >= 11 is 6.44. The fraction of sp³-hybridized carbons (Fsp3) is 0.595. The predicted molar refractivity (Wildman–Crippen MR) is 192 cm³/mol. The highest BCUT2D eigenvalue weighted by molar-refractivity contribution is 7.83. The van der Waals surface area contributed by atoms with E-state index in [2.05, 4.69) is 60.4 Å². The lowest BCUT2D eigenvalue weighted by molar-refractivity contribution is -0.139. The summed E-state index contributed by atoms with van der Waals surface area (Å²) in [4.78, 5) is 18.4. The Labute approximate surface area is 289 Å². The fourth-order valence-corrected chi connectivity index (χ4v) is 7.49. The summed E-state index contributed by atoms with van der Waals surface area (Å²) in [6, 6.07) is 11.8. The van der Waals surface area contributed by atoms with Crippen molar-refractivity contribution in [3.63, 3.8) is 0 Å². The molecule has 260 valence electrons. The van der Waals surface area contributed by atoms with E-state index < -0.39 is 22.5 Å². The summed E-state index contributed by atoms with van der Waals surface area (Å²) in [5, 5.41) is 0.744. The van der Waals surface area contributed by atoms with E-state index in [0.29, 0.717) is 18.1 Å². The predicted octanol–water partition coefficient (Wildman–Crippen LogP) is 6.92. The molecule has 0 aliphatic carbocycles. The van der Waals surface area contributed by atoms with Gasteiger partial charge in [0.2, 0.25) is 0 Å². The summed E-state index contributed by atoms with van der Waals surface area (Å²) < 4.78 is 35.2. The SMILES string of the molecule is CCCc1cc(Cl)ccc1C1COc2ccc3cc2N(CCC(CC)C(OCCN(CC)CC)/C=C/COC(C)(C)C(=O)NS3=O)C1. The lowest BCUT2D eigenvalue weighted by Gasteiger charge is -2.32. The van der Waals surface area contributed by atoms with Crippen LogP contribution >= 0.6 is 11.6 Å². The number of benzene rings is 2. The molecule has 4 unspecified atom stereocenters. The maximum absolute atomic E-state index is 13.5. The molecule has 0 aromatic heterocycles.